The van der Waals surface area contributed by atoms with Gasteiger partial charge in [0.15, 0.2) is 12.4 Å². The SMILES string of the molecule is FSc1cc[nH+]cc1. The Labute approximate surface area is 51.2 Å². The highest BCUT2D eigenvalue weighted by Gasteiger charge is 1.89. The lowest BCUT2D eigenvalue weighted by atomic mass is 10.5. The molecule has 1 heterocycles. The molecule has 0 aromatic carbocycles. The van der Waals surface area contributed by atoms with Crippen molar-refractivity contribution in [1.29, 1.82) is 0 Å². The molecular weight excluding hydrogens is 125 g/mol. The minimum Gasteiger partial charge on any atom is -0.218 e. The molecule has 42 valence electrons. The third kappa shape index (κ3) is 1.20. The number of hydrogen-bond acceptors (Lipinski definition) is 1. The van der Waals surface area contributed by atoms with E-state index in [1.54, 1.807) is 24.5 Å². The Morgan fingerprint density at radius 1 is 1.38 bits per heavy atom. The fraction of sp³-hybridized carbons (Fsp3) is 0. The predicted molar refractivity (Wildman–Crippen MR) is 30.0 cm³/mol. The first-order chi connectivity index (χ1) is 3.93. The Hall–Kier alpha value is -0.570. The van der Waals surface area contributed by atoms with Crippen LogP contribution in [0.25, 0.3) is 0 Å². The van der Waals surface area contributed by atoms with Gasteiger partial charge in [-0.15, -0.1) is 0 Å². The van der Waals surface area contributed by atoms with E-state index < -0.39 is 0 Å². The highest BCUT2D eigenvalue weighted by molar-refractivity contribution is 7.94. The number of nitrogens with one attached hydrogen (secondary N) is 1. The van der Waals surface area contributed by atoms with Crippen molar-refractivity contribution in [3.63, 3.8) is 0 Å². The van der Waals surface area contributed by atoms with E-state index in [1.807, 2.05) is 0 Å². The van der Waals surface area contributed by atoms with E-state index in [4.69, 9.17) is 0 Å². The maximum atomic E-state index is 11.6. The summed E-state index contributed by atoms with van der Waals surface area (Å²) in [5.41, 5.74) is 0. The van der Waals surface area contributed by atoms with Crippen LogP contribution in [-0.4, -0.2) is 0 Å². The third-order valence-corrected chi connectivity index (χ3v) is 1.23. The van der Waals surface area contributed by atoms with E-state index in [0.717, 1.165) is 0 Å². The molecule has 0 fully saturated rings. The highest BCUT2D eigenvalue weighted by atomic mass is 32.2. The Bertz CT molecular complexity index is 154. The van der Waals surface area contributed by atoms with Crippen LogP contribution >= 0.6 is 12.1 Å². The van der Waals surface area contributed by atoms with E-state index in [1.165, 1.54) is 0 Å². The van der Waals surface area contributed by atoms with Gasteiger partial charge in [0.2, 0.25) is 0 Å². The zero-order valence-corrected chi connectivity index (χ0v) is 4.91. The smallest absolute Gasteiger partial charge is 0.168 e. The molecule has 0 bridgehead atoms. The van der Waals surface area contributed by atoms with Crippen LogP contribution in [0.5, 0.6) is 0 Å². The van der Waals surface area contributed by atoms with Crippen LogP contribution in [0.4, 0.5) is 3.89 Å². The van der Waals surface area contributed by atoms with Gasteiger partial charge in [-0.05, 0) is 0 Å². The summed E-state index contributed by atoms with van der Waals surface area (Å²) in [6, 6.07) is 3.34. The molecule has 1 aromatic rings. The van der Waals surface area contributed by atoms with Gasteiger partial charge >= 0.3 is 0 Å². The standard InChI is InChI=1S/C5H4FNS/c6-8-5-1-3-7-4-2-5/h1-4H/p+1. The molecule has 8 heavy (non-hydrogen) atoms. The predicted octanol–water partition coefficient (Wildman–Crippen LogP) is 1.48. The van der Waals surface area contributed by atoms with Gasteiger partial charge in [-0.3, -0.25) is 0 Å². The zero-order valence-electron chi connectivity index (χ0n) is 4.10. The summed E-state index contributed by atoms with van der Waals surface area (Å²) in [6.07, 6.45) is 3.36. The monoisotopic (exact) mass is 130 g/mol. The van der Waals surface area contributed by atoms with E-state index in [2.05, 4.69) is 4.98 Å². The van der Waals surface area contributed by atoms with E-state index in [0.29, 0.717) is 4.90 Å². The Morgan fingerprint density at radius 2 is 2.00 bits per heavy atom. The van der Waals surface area contributed by atoms with Gasteiger partial charge in [-0.25, -0.2) is 4.98 Å². The number of rotatable bonds is 1. The molecule has 0 aliphatic carbocycles. The van der Waals surface area contributed by atoms with Crippen LogP contribution in [-0.2, 0) is 0 Å². The molecule has 0 amide bonds. The van der Waals surface area contributed by atoms with E-state index in [9.17, 15) is 3.89 Å². The van der Waals surface area contributed by atoms with Crippen LogP contribution in [0.15, 0.2) is 29.4 Å². The minimum atomic E-state index is 0.249. The number of aromatic nitrogens is 1. The van der Waals surface area contributed by atoms with Crippen molar-refractivity contribution in [2.45, 2.75) is 4.90 Å². The summed E-state index contributed by atoms with van der Waals surface area (Å²) in [6.45, 7) is 0. The summed E-state index contributed by atoms with van der Waals surface area (Å²) >= 11 is 0.249. The summed E-state index contributed by atoms with van der Waals surface area (Å²) in [4.78, 5) is 3.42. The largest absolute Gasteiger partial charge is 0.218 e. The zero-order chi connectivity index (χ0) is 5.82. The van der Waals surface area contributed by atoms with Crippen molar-refractivity contribution >= 4 is 12.1 Å². The van der Waals surface area contributed by atoms with Crippen LogP contribution in [0.1, 0.15) is 0 Å². The second-order valence-corrected chi connectivity index (χ2v) is 1.94. The Kier molecular flexibility index (Phi) is 1.86. The van der Waals surface area contributed by atoms with Crippen molar-refractivity contribution in [2.24, 2.45) is 0 Å². The number of pyridine rings is 1. The van der Waals surface area contributed by atoms with Crippen LogP contribution < -0.4 is 4.98 Å². The van der Waals surface area contributed by atoms with Gasteiger partial charge in [-0.2, -0.15) is 3.89 Å². The fourth-order valence-electron chi connectivity index (χ4n) is 0.423. The lowest BCUT2D eigenvalue weighted by molar-refractivity contribution is -0.378. The van der Waals surface area contributed by atoms with Gasteiger partial charge < -0.3 is 0 Å². The van der Waals surface area contributed by atoms with Crippen molar-refractivity contribution in [1.82, 2.24) is 0 Å². The van der Waals surface area contributed by atoms with Gasteiger partial charge in [0.25, 0.3) is 0 Å². The Morgan fingerprint density at radius 3 is 2.38 bits per heavy atom. The molecule has 0 atom stereocenters. The van der Waals surface area contributed by atoms with Gasteiger partial charge in [0.05, 0.1) is 17.0 Å². The molecule has 0 unspecified atom stereocenters. The van der Waals surface area contributed by atoms with Crippen molar-refractivity contribution < 1.29 is 8.87 Å². The van der Waals surface area contributed by atoms with Crippen LogP contribution in [0, 0.1) is 0 Å². The molecule has 3 heteroatoms. The van der Waals surface area contributed by atoms with E-state index in [-0.39, 0.29) is 12.1 Å². The second-order valence-electron chi connectivity index (χ2n) is 1.31. The molecule has 1 aromatic heterocycles. The molecule has 0 aliphatic rings. The van der Waals surface area contributed by atoms with Crippen LogP contribution in [0.2, 0.25) is 0 Å². The molecular formula is C5H5FNS+. The van der Waals surface area contributed by atoms with Crippen molar-refractivity contribution in [2.75, 3.05) is 0 Å². The topological polar surface area (TPSA) is 14.1 Å². The average Bonchev–Trinajstić information content (AvgIpc) is 1.90. The molecule has 0 saturated carbocycles. The molecule has 1 rings (SSSR count). The maximum absolute atomic E-state index is 11.6. The summed E-state index contributed by atoms with van der Waals surface area (Å²) < 4.78 is 11.6. The van der Waals surface area contributed by atoms with Gasteiger partial charge in [0.1, 0.15) is 0 Å². The number of hydrogen-bond donors (Lipinski definition) is 0. The molecule has 0 spiro atoms. The number of H-pyrrole nitrogens is 1. The normalized spacial score (nSPS) is 9.12. The summed E-state index contributed by atoms with van der Waals surface area (Å²) in [7, 11) is 0. The molecule has 0 radical (unpaired) electrons. The highest BCUT2D eigenvalue weighted by Crippen LogP contribution is 2.14. The van der Waals surface area contributed by atoms with E-state index >= 15 is 0 Å². The number of halogens is 1. The summed E-state index contributed by atoms with van der Waals surface area (Å²) in [5, 5.41) is 0. The maximum Gasteiger partial charge on any atom is 0.168 e. The van der Waals surface area contributed by atoms with Crippen molar-refractivity contribution in [3.8, 4) is 0 Å². The summed E-state index contributed by atoms with van der Waals surface area (Å²) in [5.74, 6) is 0. The van der Waals surface area contributed by atoms with Gasteiger partial charge in [-0.1, -0.05) is 0 Å². The first-order valence-electron chi connectivity index (χ1n) is 2.18. The Balaban J connectivity index is 2.83. The van der Waals surface area contributed by atoms with Crippen LogP contribution in [0.3, 0.4) is 0 Å². The van der Waals surface area contributed by atoms with Gasteiger partial charge in [0, 0.05) is 12.1 Å². The fourth-order valence-corrected chi connectivity index (χ4v) is 0.662. The average molecular weight is 130 g/mol. The van der Waals surface area contributed by atoms with Crippen molar-refractivity contribution in [3.05, 3.63) is 24.5 Å². The quantitative estimate of drug-likeness (QED) is 0.561. The molecule has 0 aliphatic heterocycles. The minimum absolute atomic E-state index is 0.249. The molecule has 0 saturated heterocycles. The third-order valence-electron chi connectivity index (χ3n) is 0.777. The molecule has 1 nitrogen and oxygen atoms in total. The first-order valence-corrected chi connectivity index (χ1v) is 2.90. The number of aromatic amines is 1. The lowest BCUT2D eigenvalue weighted by Crippen LogP contribution is -1.95. The molecule has 1 N–H and O–H groups in total. The first kappa shape index (κ1) is 5.56. The second kappa shape index (κ2) is 2.67. The lowest BCUT2D eigenvalue weighted by Gasteiger charge is -1.81.